The molecule has 0 radical (unpaired) electrons. The summed E-state index contributed by atoms with van der Waals surface area (Å²) in [6.07, 6.45) is 3.51. The van der Waals surface area contributed by atoms with Crippen molar-refractivity contribution in [3.05, 3.63) is 77.5 Å². The summed E-state index contributed by atoms with van der Waals surface area (Å²) in [5.74, 6) is -0.990. The van der Waals surface area contributed by atoms with Crippen molar-refractivity contribution < 1.29 is 13.6 Å². The van der Waals surface area contributed by atoms with Gasteiger partial charge in [0.2, 0.25) is 0 Å². The maximum atomic E-state index is 15.1. The van der Waals surface area contributed by atoms with Gasteiger partial charge in [0.1, 0.15) is 11.6 Å². The van der Waals surface area contributed by atoms with Crippen molar-refractivity contribution >= 4 is 11.7 Å². The third-order valence-electron chi connectivity index (χ3n) is 6.55. The molecular weight excluding hydrogens is 462 g/mol. The van der Waals surface area contributed by atoms with E-state index in [1.807, 2.05) is 40.4 Å². The number of fused-ring (bicyclic) bond motifs is 3. The summed E-state index contributed by atoms with van der Waals surface area (Å²) < 4.78 is 33.9. The lowest BCUT2D eigenvalue weighted by Crippen LogP contribution is -2.33. The van der Waals surface area contributed by atoms with Crippen LogP contribution in [0.2, 0.25) is 0 Å². The second-order valence-electron chi connectivity index (χ2n) is 9.56. The fourth-order valence-electron chi connectivity index (χ4n) is 4.94. The van der Waals surface area contributed by atoms with Gasteiger partial charge in [-0.2, -0.15) is 5.10 Å². The SMILES string of the molecule is Cc1nn(CC(C)C)c(C)c1-c1cc(F)c(NC(=O)NCC2c3ccccc3-c3cncn32)cc1F. The number of nitrogens with one attached hydrogen (secondary N) is 2. The van der Waals surface area contributed by atoms with Crippen LogP contribution in [0.15, 0.2) is 48.9 Å². The van der Waals surface area contributed by atoms with Gasteiger partial charge in [-0.3, -0.25) is 4.68 Å². The quantitative estimate of drug-likeness (QED) is 0.365. The van der Waals surface area contributed by atoms with Crippen molar-refractivity contribution in [2.24, 2.45) is 5.92 Å². The monoisotopic (exact) mass is 490 g/mol. The van der Waals surface area contributed by atoms with Crippen LogP contribution in [0.1, 0.15) is 36.8 Å². The molecule has 1 atom stereocenters. The molecule has 9 heteroatoms. The first kappa shape index (κ1) is 23.7. The summed E-state index contributed by atoms with van der Waals surface area (Å²) in [6, 6.07) is 9.30. The van der Waals surface area contributed by atoms with Crippen molar-refractivity contribution in [3.8, 4) is 22.4 Å². The van der Waals surface area contributed by atoms with Crippen LogP contribution in [0.5, 0.6) is 0 Å². The average Bonchev–Trinajstić information content (AvgIpc) is 3.48. The Morgan fingerprint density at radius 2 is 1.89 bits per heavy atom. The highest BCUT2D eigenvalue weighted by molar-refractivity contribution is 5.90. The number of imidazole rings is 1. The number of carbonyl (C=O) groups is 1. The molecule has 4 aromatic rings. The molecule has 1 unspecified atom stereocenters. The van der Waals surface area contributed by atoms with E-state index in [0.717, 1.165) is 34.6 Å². The molecular formula is C27H28F2N6O. The van der Waals surface area contributed by atoms with E-state index >= 15 is 8.78 Å². The normalized spacial score (nSPS) is 14.1. The number of aryl methyl sites for hydroxylation is 1. The van der Waals surface area contributed by atoms with Crippen molar-refractivity contribution in [2.45, 2.75) is 40.3 Å². The first-order valence-corrected chi connectivity index (χ1v) is 11.9. The fraction of sp³-hybridized carbons (Fsp3) is 0.296. The second-order valence-corrected chi connectivity index (χ2v) is 9.56. The van der Waals surface area contributed by atoms with E-state index < -0.39 is 17.7 Å². The van der Waals surface area contributed by atoms with Crippen LogP contribution >= 0.6 is 0 Å². The Hall–Kier alpha value is -4.01. The summed E-state index contributed by atoms with van der Waals surface area (Å²) in [7, 11) is 0. The van der Waals surface area contributed by atoms with E-state index in [0.29, 0.717) is 23.7 Å². The van der Waals surface area contributed by atoms with E-state index in [9.17, 15) is 4.79 Å². The minimum absolute atomic E-state index is 0.124. The van der Waals surface area contributed by atoms with Gasteiger partial charge in [0.15, 0.2) is 0 Å². The number of hydrogen-bond donors (Lipinski definition) is 2. The molecule has 2 amide bonds. The highest BCUT2D eigenvalue weighted by atomic mass is 19.1. The van der Waals surface area contributed by atoms with Gasteiger partial charge in [0.05, 0.1) is 35.6 Å². The topological polar surface area (TPSA) is 76.8 Å². The van der Waals surface area contributed by atoms with E-state index in [1.54, 1.807) is 19.4 Å². The van der Waals surface area contributed by atoms with Crippen LogP contribution < -0.4 is 10.6 Å². The zero-order chi connectivity index (χ0) is 25.6. The van der Waals surface area contributed by atoms with Crippen LogP contribution in [0.4, 0.5) is 19.3 Å². The summed E-state index contributed by atoms with van der Waals surface area (Å²) in [5, 5.41) is 9.72. The number of halogens is 2. The third-order valence-corrected chi connectivity index (χ3v) is 6.55. The smallest absolute Gasteiger partial charge is 0.319 e. The number of carbonyl (C=O) groups excluding carboxylic acids is 1. The largest absolute Gasteiger partial charge is 0.335 e. The molecule has 186 valence electrons. The van der Waals surface area contributed by atoms with Gasteiger partial charge < -0.3 is 15.2 Å². The predicted molar refractivity (Wildman–Crippen MR) is 135 cm³/mol. The van der Waals surface area contributed by atoms with Gasteiger partial charge in [0, 0.05) is 41.5 Å². The minimum Gasteiger partial charge on any atom is -0.335 e. The van der Waals surface area contributed by atoms with E-state index in [2.05, 4.69) is 34.6 Å². The highest BCUT2D eigenvalue weighted by Crippen LogP contribution is 2.38. The number of rotatable bonds is 6. The van der Waals surface area contributed by atoms with Crippen molar-refractivity contribution in [1.82, 2.24) is 24.6 Å². The first-order valence-electron chi connectivity index (χ1n) is 11.9. The van der Waals surface area contributed by atoms with Gasteiger partial charge in [-0.15, -0.1) is 0 Å². The zero-order valence-corrected chi connectivity index (χ0v) is 20.6. The number of benzene rings is 2. The second kappa shape index (κ2) is 9.22. The molecule has 5 rings (SSSR count). The molecule has 36 heavy (non-hydrogen) atoms. The first-order chi connectivity index (χ1) is 17.2. The molecule has 2 aromatic carbocycles. The Kier molecular flexibility index (Phi) is 6.07. The number of hydrogen-bond acceptors (Lipinski definition) is 3. The van der Waals surface area contributed by atoms with Gasteiger partial charge in [0.25, 0.3) is 0 Å². The van der Waals surface area contributed by atoms with E-state index in [1.165, 1.54) is 0 Å². The number of anilines is 1. The summed E-state index contributed by atoms with van der Waals surface area (Å²) >= 11 is 0. The van der Waals surface area contributed by atoms with Gasteiger partial charge in [-0.25, -0.2) is 18.6 Å². The summed E-state index contributed by atoms with van der Waals surface area (Å²) in [6.45, 7) is 8.72. The standard InChI is InChI=1S/C27H28F2N6O/c1-15(2)13-35-17(4)26(16(3)33-35)20-9-22(29)23(10-21(20)28)32-27(36)31-12-25-19-8-6-5-7-18(19)24-11-30-14-34(24)25/h5-11,14-15,25H,12-13H2,1-4H3,(H2,31,32,36). The molecule has 2 aromatic heterocycles. The lowest BCUT2D eigenvalue weighted by molar-refractivity contribution is 0.251. The van der Waals surface area contributed by atoms with Crippen LogP contribution in [-0.4, -0.2) is 31.9 Å². The molecule has 3 heterocycles. The molecule has 0 fully saturated rings. The lowest BCUT2D eigenvalue weighted by Gasteiger charge is -2.16. The van der Waals surface area contributed by atoms with Gasteiger partial charge >= 0.3 is 6.03 Å². The number of nitrogens with zero attached hydrogens (tertiary/aromatic N) is 4. The van der Waals surface area contributed by atoms with Crippen LogP contribution in [0, 0.1) is 31.4 Å². The molecule has 0 saturated carbocycles. The molecule has 7 nitrogen and oxygen atoms in total. The minimum atomic E-state index is -0.722. The Morgan fingerprint density at radius 1 is 1.11 bits per heavy atom. The zero-order valence-electron chi connectivity index (χ0n) is 20.6. The van der Waals surface area contributed by atoms with Crippen LogP contribution in [0.3, 0.4) is 0 Å². The van der Waals surface area contributed by atoms with Crippen LogP contribution in [0.25, 0.3) is 22.4 Å². The van der Waals surface area contributed by atoms with Gasteiger partial charge in [-0.1, -0.05) is 38.1 Å². The van der Waals surface area contributed by atoms with Gasteiger partial charge in [-0.05, 0) is 31.4 Å². The summed E-state index contributed by atoms with van der Waals surface area (Å²) in [5.41, 5.74) is 4.97. The Balaban J connectivity index is 1.32. The molecule has 0 aliphatic carbocycles. The number of aromatic nitrogens is 4. The predicted octanol–water partition coefficient (Wildman–Crippen LogP) is 5.69. The van der Waals surface area contributed by atoms with E-state index in [-0.39, 0.29) is 23.8 Å². The lowest BCUT2D eigenvalue weighted by atomic mass is 10.0. The molecule has 2 N–H and O–H groups in total. The highest BCUT2D eigenvalue weighted by Gasteiger charge is 2.28. The molecule has 0 saturated heterocycles. The fourth-order valence-corrected chi connectivity index (χ4v) is 4.94. The number of urea groups is 1. The summed E-state index contributed by atoms with van der Waals surface area (Å²) in [4.78, 5) is 16.8. The average molecular weight is 491 g/mol. The van der Waals surface area contributed by atoms with Crippen molar-refractivity contribution in [2.75, 3.05) is 11.9 Å². The van der Waals surface area contributed by atoms with Crippen molar-refractivity contribution in [3.63, 3.8) is 0 Å². The molecule has 1 aliphatic rings. The van der Waals surface area contributed by atoms with Crippen LogP contribution in [-0.2, 0) is 6.54 Å². The third kappa shape index (κ3) is 4.14. The maximum absolute atomic E-state index is 15.1. The number of amides is 2. The maximum Gasteiger partial charge on any atom is 0.319 e. The Morgan fingerprint density at radius 3 is 2.67 bits per heavy atom. The van der Waals surface area contributed by atoms with E-state index in [4.69, 9.17) is 0 Å². The Labute approximate surface area is 208 Å². The van der Waals surface area contributed by atoms with Crippen molar-refractivity contribution in [1.29, 1.82) is 0 Å². The molecule has 0 spiro atoms. The molecule has 0 bridgehead atoms. The molecule has 1 aliphatic heterocycles. The Bertz CT molecular complexity index is 1450.